The molecule has 1 saturated heterocycles. The monoisotopic (exact) mass is 396 g/mol. The van der Waals surface area contributed by atoms with Crippen molar-refractivity contribution in [2.75, 3.05) is 20.3 Å². The van der Waals surface area contributed by atoms with Crippen LogP contribution in [0.15, 0.2) is 26.0 Å². The zero-order chi connectivity index (χ0) is 19.1. The van der Waals surface area contributed by atoms with Gasteiger partial charge in [0, 0.05) is 19.2 Å². The number of sulfonamides is 1. The molecule has 0 aromatic carbocycles. The third-order valence-corrected chi connectivity index (χ3v) is 5.44. The lowest BCUT2D eigenvalue weighted by Gasteiger charge is -2.17. The first-order valence-electron chi connectivity index (χ1n) is 7.39. The van der Waals surface area contributed by atoms with Crippen LogP contribution in [-0.4, -0.2) is 46.0 Å². The molecule has 3 heterocycles. The molecule has 0 unspecified atom stereocenters. The van der Waals surface area contributed by atoms with Gasteiger partial charge in [0.25, 0.3) is 0 Å². The molecule has 0 amide bonds. The summed E-state index contributed by atoms with van der Waals surface area (Å²) in [5.41, 5.74) is -0.263. The van der Waals surface area contributed by atoms with Crippen LogP contribution in [-0.2, 0) is 25.7 Å². The Morgan fingerprint density at radius 2 is 2.04 bits per heavy atom. The highest BCUT2D eigenvalue weighted by atomic mass is 32.2. The molecule has 0 radical (unpaired) electrons. The van der Waals surface area contributed by atoms with E-state index in [4.69, 9.17) is 13.9 Å². The Labute approximate surface area is 146 Å². The van der Waals surface area contributed by atoms with Gasteiger partial charge in [-0.3, -0.25) is 0 Å². The minimum Gasteiger partial charge on any atom is -0.458 e. The fraction of sp³-hybridized carbons (Fsp3) is 0.500. The van der Waals surface area contributed by atoms with Crippen LogP contribution in [0.3, 0.4) is 0 Å². The SMILES string of the molecule is CO[C@H]1COC[C@@H]1NS(=O)(=O)c1cc(-c2cc(C(F)(F)F)on2)oc1C. The van der Waals surface area contributed by atoms with E-state index in [1.807, 2.05) is 0 Å². The van der Waals surface area contributed by atoms with Gasteiger partial charge in [-0.25, -0.2) is 13.1 Å². The average molecular weight is 396 g/mol. The fourth-order valence-electron chi connectivity index (χ4n) is 2.52. The van der Waals surface area contributed by atoms with Crippen molar-refractivity contribution in [1.29, 1.82) is 0 Å². The summed E-state index contributed by atoms with van der Waals surface area (Å²) in [5.74, 6) is -1.47. The molecule has 1 aliphatic heterocycles. The van der Waals surface area contributed by atoms with E-state index in [9.17, 15) is 21.6 Å². The van der Waals surface area contributed by atoms with Gasteiger partial charge >= 0.3 is 6.18 Å². The first-order chi connectivity index (χ1) is 12.1. The quantitative estimate of drug-likeness (QED) is 0.824. The number of nitrogens with one attached hydrogen (secondary N) is 1. The number of hydrogen-bond acceptors (Lipinski definition) is 7. The number of halogens is 3. The van der Waals surface area contributed by atoms with Crippen molar-refractivity contribution in [3.05, 3.63) is 23.7 Å². The third kappa shape index (κ3) is 3.63. The fourth-order valence-corrected chi connectivity index (χ4v) is 3.95. The second-order valence-electron chi connectivity index (χ2n) is 5.64. The van der Waals surface area contributed by atoms with Gasteiger partial charge in [0.2, 0.25) is 15.8 Å². The number of furan rings is 1. The van der Waals surface area contributed by atoms with Crippen molar-refractivity contribution in [2.45, 2.75) is 30.1 Å². The van der Waals surface area contributed by atoms with Crippen LogP contribution in [0.4, 0.5) is 13.2 Å². The Bertz CT molecular complexity index is 889. The maximum absolute atomic E-state index is 12.6. The molecule has 144 valence electrons. The number of methoxy groups -OCH3 is 1. The molecular weight excluding hydrogens is 381 g/mol. The second-order valence-corrected chi connectivity index (χ2v) is 7.33. The number of aromatic nitrogens is 1. The molecule has 26 heavy (non-hydrogen) atoms. The lowest BCUT2D eigenvalue weighted by molar-refractivity contribution is -0.155. The number of aryl methyl sites for hydroxylation is 1. The average Bonchev–Trinajstić information content (AvgIpc) is 3.24. The highest BCUT2D eigenvalue weighted by molar-refractivity contribution is 7.89. The Balaban J connectivity index is 1.86. The van der Waals surface area contributed by atoms with E-state index in [0.29, 0.717) is 6.07 Å². The molecule has 12 heteroatoms. The molecule has 2 aromatic heterocycles. The van der Waals surface area contributed by atoms with E-state index < -0.39 is 34.1 Å². The van der Waals surface area contributed by atoms with Crippen LogP contribution in [0.2, 0.25) is 0 Å². The van der Waals surface area contributed by atoms with Gasteiger partial charge in [-0.1, -0.05) is 5.16 Å². The summed E-state index contributed by atoms with van der Waals surface area (Å²) < 4.78 is 85.2. The summed E-state index contributed by atoms with van der Waals surface area (Å²) in [5, 5.41) is 3.27. The Morgan fingerprint density at radius 3 is 2.65 bits per heavy atom. The topological polar surface area (TPSA) is 104 Å². The molecule has 2 atom stereocenters. The van der Waals surface area contributed by atoms with Crippen LogP contribution in [0.1, 0.15) is 11.5 Å². The summed E-state index contributed by atoms with van der Waals surface area (Å²) in [6.45, 7) is 1.76. The van der Waals surface area contributed by atoms with Crippen molar-refractivity contribution >= 4 is 10.0 Å². The highest BCUT2D eigenvalue weighted by Crippen LogP contribution is 2.34. The minimum atomic E-state index is -4.71. The predicted molar refractivity (Wildman–Crippen MR) is 79.7 cm³/mol. The van der Waals surface area contributed by atoms with Crippen LogP contribution >= 0.6 is 0 Å². The van der Waals surface area contributed by atoms with E-state index in [-0.39, 0.29) is 35.3 Å². The van der Waals surface area contributed by atoms with Gasteiger partial charge < -0.3 is 18.4 Å². The number of hydrogen-bond donors (Lipinski definition) is 1. The number of rotatable bonds is 5. The zero-order valence-corrected chi connectivity index (χ0v) is 14.5. The van der Waals surface area contributed by atoms with Gasteiger partial charge in [0.05, 0.1) is 25.4 Å². The molecule has 1 N–H and O–H groups in total. The van der Waals surface area contributed by atoms with Crippen molar-refractivity contribution in [1.82, 2.24) is 9.88 Å². The maximum Gasteiger partial charge on any atom is 0.452 e. The molecule has 0 bridgehead atoms. The van der Waals surface area contributed by atoms with Gasteiger partial charge in [-0.2, -0.15) is 13.2 Å². The van der Waals surface area contributed by atoms with E-state index in [0.717, 1.165) is 6.07 Å². The van der Waals surface area contributed by atoms with Crippen molar-refractivity contribution < 1.29 is 40.0 Å². The summed E-state index contributed by atoms with van der Waals surface area (Å²) in [7, 11) is -2.58. The first-order valence-corrected chi connectivity index (χ1v) is 8.87. The summed E-state index contributed by atoms with van der Waals surface area (Å²) >= 11 is 0. The van der Waals surface area contributed by atoms with Crippen molar-refractivity contribution in [2.24, 2.45) is 0 Å². The lowest BCUT2D eigenvalue weighted by Crippen LogP contribution is -2.43. The molecule has 8 nitrogen and oxygen atoms in total. The first kappa shape index (κ1) is 18.9. The molecule has 1 aliphatic rings. The van der Waals surface area contributed by atoms with Crippen LogP contribution < -0.4 is 4.72 Å². The molecule has 1 fully saturated rings. The second kappa shape index (κ2) is 6.68. The van der Waals surface area contributed by atoms with Gasteiger partial charge in [-0.05, 0) is 6.92 Å². The molecular formula is C14H15F3N2O6S. The number of ether oxygens (including phenoxy) is 2. The Hall–Kier alpha value is -1.89. The summed E-state index contributed by atoms with van der Waals surface area (Å²) in [4.78, 5) is -0.217. The molecule has 0 saturated carbocycles. The third-order valence-electron chi connectivity index (χ3n) is 3.84. The Kier molecular flexibility index (Phi) is 4.86. The van der Waals surface area contributed by atoms with E-state index in [1.165, 1.54) is 14.0 Å². The molecule has 0 spiro atoms. The number of alkyl halides is 3. The lowest BCUT2D eigenvalue weighted by atomic mass is 10.2. The number of nitrogens with zero attached hydrogens (tertiary/aromatic N) is 1. The zero-order valence-electron chi connectivity index (χ0n) is 13.7. The normalized spacial score (nSPS) is 21.4. The van der Waals surface area contributed by atoms with Crippen molar-refractivity contribution in [3.8, 4) is 11.5 Å². The highest BCUT2D eigenvalue weighted by Gasteiger charge is 2.37. The van der Waals surface area contributed by atoms with E-state index >= 15 is 0 Å². The van der Waals surface area contributed by atoms with Crippen LogP contribution in [0, 0.1) is 6.92 Å². The van der Waals surface area contributed by atoms with Crippen LogP contribution in [0.25, 0.3) is 11.5 Å². The van der Waals surface area contributed by atoms with Gasteiger partial charge in [-0.15, -0.1) is 0 Å². The van der Waals surface area contributed by atoms with E-state index in [2.05, 4.69) is 14.4 Å². The van der Waals surface area contributed by atoms with Crippen molar-refractivity contribution in [3.63, 3.8) is 0 Å². The smallest absolute Gasteiger partial charge is 0.452 e. The predicted octanol–water partition coefficient (Wildman–Crippen LogP) is 1.95. The molecule has 0 aliphatic carbocycles. The van der Waals surface area contributed by atoms with Gasteiger partial charge in [0.1, 0.15) is 16.3 Å². The molecule has 2 aromatic rings. The molecule has 3 rings (SSSR count). The summed E-state index contributed by atoms with van der Waals surface area (Å²) in [6.07, 6.45) is -5.15. The van der Waals surface area contributed by atoms with E-state index in [1.54, 1.807) is 0 Å². The van der Waals surface area contributed by atoms with Gasteiger partial charge in [0.15, 0.2) is 5.76 Å². The van der Waals surface area contributed by atoms with Crippen LogP contribution in [0.5, 0.6) is 0 Å². The Morgan fingerprint density at radius 1 is 1.31 bits per heavy atom. The minimum absolute atomic E-state index is 0.00283. The largest absolute Gasteiger partial charge is 0.458 e. The maximum atomic E-state index is 12.6. The summed E-state index contributed by atoms with van der Waals surface area (Å²) in [6, 6.07) is 1.13. The standard InChI is InChI=1S/C14H15F3N2O6S/c1-7-12(26(20,21)19-9-5-23-6-11(9)22-2)4-10(24-7)8-3-13(25-18-8)14(15,16)17/h3-4,9,11,19H,5-6H2,1-2H3/t9-,11-/m0/s1.